The SMILES string of the molecule is CCCCCCCCCC/C=C\CCCCCCCCCCCCCCCCCC(=O)NC(COC1OC(CO)C(O)C(O)C1O)C(O)/C=C/CC/C=C/CCCCCCCCCCCCCCCCCCCCCC. The Labute approximate surface area is 470 Å². The van der Waals surface area contributed by atoms with E-state index >= 15 is 0 Å². The molecule has 0 radical (unpaired) electrons. The van der Waals surface area contributed by atoms with Crippen molar-refractivity contribution in [2.24, 2.45) is 0 Å². The fraction of sp³-hybridized carbons (Fsp3) is 0.896. The van der Waals surface area contributed by atoms with Gasteiger partial charge in [0.2, 0.25) is 5.91 Å². The summed E-state index contributed by atoms with van der Waals surface area (Å²) < 4.78 is 11.3. The summed E-state index contributed by atoms with van der Waals surface area (Å²) in [5, 5.41) is 54.7. The molecule has 1 aliphatic rings. The highest BCUT2D eigenvalue weighted by molar-refractivity contribution is 5.76. The standard InChI is InChI=1S/C67H127NO8/c1-3-5-7-9-11-13-15-17-19-21-23-25-27-29-31-33-35-37-39-41-43-45-47-49-51-53-55-57-63(71)68-60(59-75-67-66(74)65(73)64(72)62(58-69)76-67)61(70)56-54-52-50-48-46-44-42-40-38-36-34-32-30-28-26-24-22-20-18-16-14-12-10-8-6-4-2/h21,23,46,48,54,56,60-62,64-67,69-70,72-74H,3-20,22,24-45,47,49-53,55,57-59H2,1-2H3,(H,68,71)/b23-21-,48-46+,56-54+. The fourth-order valence-electron chi connectivity index (χ4n) is 10.7. The van der Waals surface area contributed by atoms with Gasteiger partial charge in [-0.25, -0.2) is 0 Å². The smallest absolute Gasteiger partial charge is 0.220 e. The lowest BCUT2D eigenvalue weighted by atomic mass is 9.99. The van der Waals surface area contributed by atoms with Gasteiger partial charge in [0.15, 0.2) is 6.29 Å². The number of unbranched alkanes of at least 4 members (excludes halogenated alkanes) is 44. The molecule has 448 valence electrons. The Bertz CT molecular complexity index is 1290. The van der Waals surface area contributed by atoms with Gasteiger partial charge in [0.25, 0.3) is 0 Å². The Hall–Kier alpha value is -1.59. The molecule has 9 heteroatoms. The van der Waals surface area contributed by atoms with Crippen LogP contribution in [0, 0.1) is 0 Å². The zero-order valence-corrected chi connectivity index (χ0v) is 50.0. The molecule has 1 amide bonds. The zero-order chi connectivity index (χ0) is 55.0. The van der Waals surface area contributed by atoms with Crippen molar-refractivity contribution in [3.8, 4) is 0 Å². The number of amides is 1. The lowest BCUT2D eigenvalue weighted by Crippen LogP contribution is -2.60. The first-order chi connectivity index (χ1) is 37.3. The predicted molar refractivity (Wildman–Crippen MR) is 323 cm³/mol. The van der Waals surface area contributed by atoms with E-state index in [-0.39, 0.29) is 12.5 Å². The predicted octanol–water partition coefficient (Wildman–Crippen LogP) is 17.5. The van der Waals surface area contributed by atoms with Crippen LogP contribution in [0.4, 0.5) is 0 Å². The molecule has 1 rings (SSSR count). The summed E-state index contributed by atoms with van der Waals surface area (Å²) in [6.07, 6.45) is 68.1. The summed E-state index contributed by atoms with van der Waals surface area (Å²) in [4.78, 5) is 13.1. The number of aliphatic hydroxyl groups is 5. The third-order valence-corrected chi connectivity index (χ3v) is 15.9. The van der Waals surface area contributed by atoms with E-state index < -0.39 is 49.5 Å². The van der Waals surface area contributed by atoms with Crippen molar-refractivity contribution in [3.05, 3.63) is 36.5 Å². The molecule has 76 heavy (non-hydrogen) atoms. The Morgan fingerprint density at radius 3 is 1.11 bits per heavy atom. The van der Waals surface area contributed by atoms with Crippen LogP contribution >= 0.6 is 0 Å². The minimum absolute atomic E-state index is 0.181. The van der Waals surface area contributed by atoms with E-state index in [9.17, 15) is 30.3 Å². The number of rotatable bonds is 58. The van der Waals surface area contributed by atoms with E-state index in [2.05, 4.69) is 43.5 Å². The molecule has 9 nitrogen and oxygen atoms in total. The molecule has 0 aliphatic carbocycles. The van der Waals surface area contributed by atoms with E-state index in [1.54, 1.807) is 6.08 Å². The molecule has 0 aromatic heterocycles. The van der Waals surface area contributed by atoms with Gasteiger partial charge in [-0.1, -0.05) is 301 Å². The van der Waals surface area contributed by atoms with Gasteiger partial charge in [-0.3, -0.25) is 4.79 Å². The maximum Gasteiger partial charge on any atom is 0.220 e. The number of allylic oxidation sites excluding steroid dienone is 5. The fourth-order valence-corrected chi connectivity index (χ4v) is 10.7. The largest absolute Gasteiger partial charge is 0.394 e. The first kappa shape index (κ1) is 72.4. The number of nitrogens with one attached hydrogen (secondary N) is 1. The van der Waals surface area contributed by atoms with Crippen LogP contribution in [0.15, 0.2) is 36.5 Å². The molecule has 7 atom stereocenters. The molecule has 0 aromatic carbocycles. The van der Waals surface area contributed by atoms with E-state index in [0.29, 0.717) is 6.42 Å². The molecule has 0 aromatic rings. The molecular formula is C67H127NO8. The number of carbonyl (C=O) groups excluding carboxylic acids is 1. The molecule has 0 spiro atoms. The summed E-state index contributed by atoms with van der Waals surface area (Å²) in [6, 6.07) is -0.822. The molecule has 1 saturated heterocycles. The minimum Gasteiger partial charge on any atom is -0.394 e. The van der Waals surface area contributed by atoms with E-state index in [1.807, 2.05) is 6.08 Å². The molecule has 1 aliphatic heterocycles. The molecule has 1 heterocycles. The van der Waals surface area contributed by atoms with E-state index in [1.165, 1.54) is 270 Å². The second-order valence-corrected chi connectivity index (χ2v) is 23.3. The maximum absolute atomic E-state index is 13.1. The van der Waals surface area contributed by atoms with Crippen molar-refractivity contribution < 1.29 is 39.8 Å². The number of hydrogen-bond donors (Lipinski definition) is 6. The zero-order valence-electron chi connectivity index (χ0n) is 50.0. The average Bonchev–Trinajstić information content (AvgIpc) is 3.42. The first-order valence-corrected chi connectivity index (χ1v) is 33.2. The average molecular weight is 1070 g/mol. The molecule has 7 unspecified atom stereocenters. The van der Waals surface area contributed by atoms with Gasteiger partial charge in [-0.2, -0.15) is 0 Å². The highest BCUT2D eigenvalue weighted by Crippen LogP contribution is 2.23. The number of aliphatic hydroxyl groups excluding tert-OH is 5. The second kappa shape index (κ2) is 56.7. The molecule has 0 saturated carbocycles. The number of hydrogen-bond acceptors (Lipinski definition) is 8. The monoisotopic (exact) mass is 1070 g/mol. The maximum atomic E-state index is 13.1. The minimum atomic E-state index is -1.57. The lowest BCUT2D eigenvalue weighted by molar-refractivity contribution is -0.302. The van der Waals surface area contributed by atoms with E-state index in [4.69, 9.17) is 9.47 Å². The molecule has 1 fully saturated rings. The van der Waals surface area contributed by atoms with E-state index in [0.717, 1.165) is 38.5 Å². The van der Waals surface area contributed by atoms with Crippen LogP contribution in [-0.2, 0) is 14.3 Å². The molecular weight excluding hydrogens is 947 g/mol. The van der Waals surface area contributed by atoms with Crippen molar-refractivity contribution in [1.82, 2.24) is 5.32 Å². The van der Waals surface area contributed by atoms with Gasteiger partial charge in [-0.05, 0) is 57.8 Å². The van der Waals surface area contributed by atoms with Crippen molar-refractivity contribution in [2.75, 3.05) is 13.2 Å². The quantitative estimate of drug-likeness (QED) is 0.0261. The first-order valence-electron chi connectivity index (χ1n) is 33.2. The van der Waals surface area contributed by atoms with Crippen LogP contribution in [0.25, 0.3) is 0 Å². The van der Waals surface area contributed by atoms with Crippen LogP contribution < -0.4 is 5.32 Å². The summed E-state index contributed by atoms with van der Waals surface area (Å²) in [7, 11) is 0. The lowest BCUT2D eigenvalue weighted by Gasteiger charge is -2.40. The van der Waals surface area contributed by atoms with Crippen LogP contribution in [0.3, 0.4) is 0 Å². The Morgan fingerprint density at radius 2 is 0.750 bits per heavy atom. The van der Waals surface area contributed by atoms with Gasteiger partial charge in [0, 0.05) is 6.42 Å². The number of carbonyl (C=O) groups is 1. The van der Waals surface area contributed by atoms with Gasteiger partial charge < -0.3 is 40.3 Å². The molecule has 6 N–H and O–H groups in total. The van der Waals surface area contributed by atoms with Crippen LogP contribution in [0.1, 0.15) is 328 Å². The molecule has 0 bridgehead atoms. The van der Waals surface area contributed by atoms with Crippen molar-refractivity contribution in [2.45, 2.75) is 371 Å². The Balaban J connectivity index is 2.17. The second-order valence-electron chi connectivity index (χ2n) is 23.3. The Morgan fingerprint density at radius 1 is 0.434 bits per heavy atom. The normalized spacial score (nSPS) is 19.0. The van der Waals surface area contributed by atoms with Gasteiger partial charge >= 0.3 is 0 Å². The van der Waals surface area contributed by atoms with Crippen LogP contribution in [0.5, 0.6) is 0 Å². The van der Waals surface area contributed by atoms with Crippen LogP contribution in [0.2, 0.25) is 0 Å². The summed E-state index contributed by atoms with van der Waals surface area (Å²) in [5.74, 6) is -0.181. The van der Waals surface area contributed by atoms with Crippen molar-refractivity contribution >= 4 is 5.91 Å². The number of ether oxygens (including phenoxy) is 2. The third kappa shape index (κ3) is 45.2. The summed E-state index contributed by atoms with van der Waals surface area (Å²) in [6.45, 7) is 3.81. The summed E-state index contributed by atoms with van der Waals surface area (Å²) >= 11 is 0. The highest BCUT2D eigenvalue weighted by Gasteiger charge is 2.44. The Kier molecular flexibility index (Phi) is 54.0. The van der Waals surface area contributed by atoms with Crippen molar-refractivity contribution in [3.63, 3.8) is 0 Å². The van der Waals surface area contributed by atoms with Gasteiger partial charge in [-0.15, -0.1) is 0 Å². The van der Waals surface area contributed by atoms with Gasteiger partial charge in [0.1, 0.15) is 24.4 Å². The van der Waals surface area contributed by atoms with Crippen molar-refractivity contribution in [1.29, 1.82) is 0 Å². The highest BCUT2D eigenvalue weighted by atomic mass is 16.7. The topological polar surface area (TPSA) is 149 Å². The summed E-state index contributed by atoms with van der Waals surface area (Å²) in [5.41, 5.74) is 0. The van der Waals surface area contributed by atoms with Gasteiger partial charge in [0.05, 0.1) is 25.4 Å². The third-order valence-electron chi connectivity index (χ3n) is 15.9. The van der Waals surface area contributed by atoms with Crippen LogP contribution in [-0.4, -0.2) is 87.5 Å².